The van der Waals surface area contributed by atoms with E-state index in [1.165, 1.54) is 4.63 Å². The molecular formula is C15H17N7O2. The van der Waals surface area contributed by atoms with Crippen LogP contribution >= 0.6 is 0 Å². The third-order valence-corrected chi connectivity index (χ3v) is 4.30. The highest BCUT2D eigenvalue weighted by Crippen LogP contribution is 2.24. The molecule has 124 valence electrons. The Morgan fingerprint density at radius 2 is 2.21 bits per heavy atom. The summed E-state index contributed by atoms with van der Waals surface area (Å²) >= 11 is 0. The van der Waals surface area contributed by atoms with Gasteiger partial charge in [-0.05, 0) is 26.1 Å². The number of aromatic nitrogens is 5. The Kier molecular flexibility index (Phi) is 3.49. The summed E-state index contributed by atoms with van der Waals surface area (Å²) in [5.41, 5.74) is 1.25. The zero-order chi connectivity index (χ0) is 16.7. The van der Waals surface area contributed by atoms with Crippen LogP contribution in [0.2, 0.25) is 0 Å². The first kappa shape index (κ1) is 14.8. The van der Waals surface area contributed by atoms with Gasteiger partial charge in [-0.25, -0.2) is 0 Å². The number of piperazine rings is 1. The molecule has 1 aliphatic rings. The lowest BCUT2D eigenvalue weighted by Gasteiger charge is -2.37. The van der Waals surface area contributed by atoms with Crippen LogP contribution in [0.1, 0.15) is 28.1 Å². The minimum absolute atomic E-state index is 0.0627. The van der Waals surface area contributed by atoms with Gasteiger partial charge in [0.25, 0.3) is 5.91 Å². The third kappa shape index (κ3) is 2.42. The maximum Gasteiger partial charge on any atom is 0.257 e. The van der Waals surface area contributed by atoms with E-state index in [1.807, 2.05) is 13.1 Å². The number of aryl methyl sites for hydroxylation is 1. The predicted octanol–water partition coefficient (Wildman–Crippen LogP) is 0.550. The molecule has 0 N–H and O–H groups in total. The molecule has 4 heterocycles. The van der Waals surface area contributed by atoms with E-state index in [1.54, 1.807) is 30.3 Å². The van der Waals surface area contributed by atoms with E-state index in [9.17, 15) is 4.79 Å². The van der Waals surface area contributed by atoms with Crippen LogP contribution in [0.15, 0.2) is 29.0 Å². The molecule has 0 saturated carbocycles. The Balaban J connectivity index is 1.61. The van der Waals surface area contributed by atoms with Crippen LogP contribution < -0.4 is 0 Å². The lowest BCUT2D eigenvalue weighted by molar-refractivity contribution is 0.0490. The third-order valence-electron chi connectivity index (χ3n) is 4.30. The standard InChI is InChI=1S/C15H17N7O2/c1-10-18-14(24-19-10)13-9-21(7-6-20(13)2)15(23)11-8-17-22-12(11)4-3-5-16-22/h3-5,8,13H,6-7,9H2,1-2H3/t13-/m1/s1. The first-order valence-corrected chi connectivity index (χ1v) is 7.72. The molecule has 0 aliphatic carbocycles. The average Bonchev–Trinajstić information content (AvgIpc) is 3.21. The monoisotopic (exact) mass is 327 g/mol. The van der Waals surface area contributed by atoms with Crippen molar-refractivity contribution in [1.29, 1.82) is 0 Å². The Morgan fingerprint density at radius 1 is 1.33 bits per heavy atom. The second kappa shape index (κ2) is 5.68. The van der Waals surface area contributed by atoms with E-state index in [4.69, 9.17) is 4.52 Å². The summed E-state index contributed by atoms with van der Waals surface area (Å²) < 4.78 is 6.76. The summed E-state index contributed by atoms with van der Waals surface area (Å²) in [5, 5.41) is 12.1. The second-order valence-electron chi connectivity index (χ2n) is 5.88. The first-order valence-electron chi connectivity index (χ1n) is 7.72. The van der Waals surface area contributed by atoms with Gasteiger partial charge in [-0.1, -0.05) is 5.16 Å². The maximum atomic E-state index is 12.9. The Morgan fingerprint density at radius 3 is 3.00 bits per heavy atom. The summed E-state index contributed by atoms with van der Waals surface area (Å²) in [5.74, 6) is 1.07. The number of hydrogen-bond acceptors (Lipinski definition) is 7. The Labute approximate surface area is 137 Å². The van der Waals surface area contributed by atoms with E-state index >= 15 is 0 Å². The summed E-state index contributed by atoms with van der Waals surface area (Å²) in [6, 6.07) is 3.52. The fraction of sp³-hybridized carbons (Fsp3) is 0.400. The van der Waals surface area contributed by atoms with Crippen molar-refractivity contribution in [2.75, 3.05) is 26.7 Å². The van der Waals surface area contributed by atoms with Crippen molar-refractivity contribution in [1.82, 2.24) is 34.8 Å². The molecule has 3 aromatic heterocycles. The van der Waals surface area contributed by atoms with Gasteiger partial charge in [-0.2, -0.15) is 19.8 Å². The van der Waals surface area contributed by atoms with Gasteiger partial charge >= 0.3 is 0 Å². The highest BCUT2D eigenvalue weighted by molar-refractivity contribution is 6.00. The first-order chi connectivity index (χ1) is 11.6. The summed E-state index contributed by atoms with van der Waals surface area (Å²) in [6.45, 7) is 3.64. The molecule has 0 bridgehead atoms. The van der Waals surface area contributed by atoms with E-state index < -0.39 is 0 Å². The SMILES string of the molecule is Cc1noc([C@H]2CN(C(=O)c3cnn4ncccc34)CCN2C)n1. The molecule has 1 fully saturated rings. The van der Waals surface area contributed by atoms with Crippen molar-refractivity contribution in [3.63, 3.8) is 0 Å². The van der Waals surface area contributed by atoms with Crippen LogP contribution in [0.5, 0.6) is 0 Å². The number of amides is 1. The zero-order valence-corrected chi connectivity index (χ0v) is 13.5. The fourth-order valence-electron chi connectivity index (χ4n) is 2.94. The van der Waals surface area contributed by atoms with Gasteiger partial charge in [0.1, 0.15) is 11.6 Å². The molecule has 1 saturated heterocycles. The van der Waals surface area contributed by atoms with Crippen molar-refractivity contribution in [2.24, 2.45) is 0 Å². The molecule has 0 aromatic carbocycles. The van der Waals surface area contributed by atoms with Gasteiger partial charge in [-0.15, -0.1) is 0 Å². The van der Waals surface area contributed by atoms with E-state index in [-0.39, 0.29) is 11.9 Å². The Bertz CT molecular complexity index is 887. The molecule has 0 radical (unpaired) electrons. The van der Waals surface area contributed by atoms with Crippen molar-refractivity contribution < 1.29 is 9.32 Å². The highest BCUT2D eigenvalue weighted by Gasteiger charge is 2.33. The Hall–Kier alpha value is -2.81. The second-order valence-corrected chi connectivity index (χ2v) is 5.88. The molecule has 9 nitrogen and oxygen atoms in total. The van der Waals surface area contributed by atoms with Crippen LogP contribution in [0, 0.1) is 6.92 Å². The zero-order valence-electron chi connectivity index (χ0n) is 13.5. The van der Waals surface area contributed by atoms with Crippen LogP contribution in [0.4, 0.5) is 0 Å². The van der Waals surface area contributed by atoms with Crippen molar-refractivity contribution >= 4 is 11.4 Å². The molecule has 1 atom stereocenters. The van der Waals surface area contributed by atoms with Gasteiger partial charge < -0.3 is 9.42 Å². The lowest BCUT2D eigenvalue weighted by Crippen LogP contribution is -2.49. The number of carbonyl (C=O) groups excluding carboxylic acids is 1. The maximum absolute atomic E-state index is 12.9. The smallest absolute Gasteiger partial charge is 0.257 e. The minimum Gasteiger partial charge on any atom is -0.338 e. The van der Waals surface area contributed by atoms with Gasteiger partial charge in [-0.3, -0.25) is 9.69 Å². The molecular weight excluding hydrogens is 310 g/mol. The van der Waals surface area contributed by atoms with Crippen molar-refractivity contribution in [3.05, 3.63) is 41.8 Å². The van der Waals surface area contributed by atoms with E-state index in [0.717, 1.165) is 6.54 Å². The van der Waals surface area contributed by atoms with Gasteiger partial charge in [0, 0.05) is 25.8 Å². The number of hydrogen-bond donors (Lipinski definition) is 0. The van der Waals surface area contributed by atoms with Crippen LogP contribution in [0.3, 0.4) is 0 Å². The van der Waals surface area contributed by atoms with Crippen LogP contribution in [-0.4, -0.2) is 67.4 Å². The van der Waals surface area contributed by atoms with E-state index in [0.29, 0.717) is 35.9 Å². The molecule has 1 aliphatic heterocycles. The van der Waals surface area contributed by atoms with Gasteiger partial charge in [0.15, 0.2) is 5.82 Å². The normalized spacial score (nSPS) is 19.1. The van der Waals surface area contributed by atoms with E-state index in [2.05, 4.69) is 25.2 Å². The largest absolute Gasteiger partial charge is 0.338 e. The van der Waals surface area contributed by atoms with Gasteiger partial charge in [0.2, 0.25) is 5.89 Å². The van der Waals surface area contributed by atoms with Crippen molar-refractivity contribution in [2.45, 2.75) is 13.0 Å². The predicted molar refractivity (Wildman–Crippen MR) is 83.3 cm³/mol. The molecule has 0 unspecified atom stereocenters. The topological polar surface area (TPSA) is 92.7 Å². The summed E-state index contributed by atoms with van der Waals surface area (Å²) in [6.07, 6.45) is 3.20. The number of likely N-dealkylation sites (N-methyl/N-ethyl adjacent to an activating group) is 1. The minimum atomic E-state index is -0.108. The number of fused-ring (bicyclic) bond motifs is 1. The fourth-order valence-corrected chi connectivity index (χ4v) is 2.94. The summed E-state index contributed by atoms with van der Waals surface area (Å²) in [4.78, 5) is 21.1. The molecule has 24 heavy (non-hydrogen) atoms. The molecule has 1 amide bonds. The van der Waals surface area contributed by atoms with Crippen molar-refractivity contribution in [3.8, 4) is 0 Å². The highest BCUT2D eigenvalue weighted by atomic mass is 16.5. The number of nitrogens with zero attached hydrogens (tertiary/aromatic N) is 7. The lowest BCUT2D eigenvalue weighted by atomic mass is 10.1. The summed E-state index contributed by atoms with van der Waals surface area (Å²) in [7, 11) is 1.99. The number of carbonyl (C=O) groups is 1. The average molecular weight is 327 g/mol. The van der Waals surface area contributed by atoms with Crippen LogP contribution in [-0.2, 0) is 0 Å². The molecule has 9 heteroatoms. The number of rotatable bonds is 2. The van der Waals surface area contributed by atoms with Gasteiger partial charge in [0.05, 0.1) is 11.8 Å². The van der Waals surface area contributed by atoms with Crippen LogP contribution in [0.25, 0.3) is 5.52 Å². The molecule has 0 spiro atoms. The molecule has 4 rings (SSSR count). The molecule has 3 aromatic rings. The quantitative estimate of drug-likeness (QED) is 0.678.